The topological polar surface area (TPSA) is 90.4 Å². The van der Waals surface area contributed by atoms with Crippen molar-refractivity contribution in [2.45, 2.75) is 25.4 Å². The molecule has 1 amide bonds. The van der Waals surface area contributed by atoms with Gasteiger partial charge in [0.15, 0.2) is 5.92 Å². The fraction of sp³-hybridized carbons (Fsp3) is 0.217. The number of aryl methyl sites for hydroxylation is 1. The fourth-order valence-corrected chi connectivity index (χ4v) is 3.30. The summed E-state index contributed by atoms with van der Waals surface area (Å²) in [6.07, 6.45) is -1.79. The van der Waals surface area contributed by atoms with E-state index in [4.69, 9.17) is 21.1 Å². The Bertz CT molecular complexity index is 1170. The van der Waals surface area contributed by atoms with Gasteiger partial charge in [-0.15, -0.1) is 0 Å². The van der Waals surface area contributed by atoms with Crippen LogP contribution in [0.4, 0.5) is 18.9 Å². The standard InChI is InChI=1S/C23H19ClF3N3O4/c1-3-16-20(24)17(10-11-28-16)30-21(31)19(22(32)33-2)13-4-7-15(8-5-13)34-18-9-6-14(12-29-18)23(25,26)27/h4-12,19H,3H2,1-2H3,(H,28,30,31). The Morgan fingerprint density at radius 1 is 1.09 bits per heavy atom. The SMILES string of the molecule is CCc1nccc(NC(=O)C(C(=O)OC)c2ccc(Oc3ccc(C(F)(F)F)cn3)cc2)c1Cl. The molecule has 0 aliphatic carbocycles. The Balaban J connectivity index is 1.78. The molecule has 11 heteroatoms. The number of anilines is 1. The molecule has 0 aliphatic heterocycles. The molecule has 1 aromatic carbocycles. The molecule has 0 fully saturated rings. The van der Waals surface area contributed by atoms with Crippen molar-refractivity contribution in [3.8, 4) is 11.6 Å². The van der Waals surface area contributed by atoms with Gasteiger partial charge in [0.25, 0.3) is 0 Å². The lowest BCUT2D eigenvalue weighted by atomic mass is 9.98. The van der Waals surface area contributed by atoms with E-state index in [1.165, 1.54) is 36.5 Å². The van der Waals surface area contributed by atoms with Gasteiger partial charge in [-0.05, 0) is 36.2 Å². The molecule has 0 spiro atoms. The van der Waals surface area contributed by atoms with E-state index in [9.17, 15) is 22.8 Å². The Hall–Kier alpha value is -3.66. The van der Waals surface area contributed by atoms with Crippen LogP contribution in [0, 0.1) is 0 Å². The van der Waals surface area contributed by atoms with E-state index in [2.05, 4.69) is 15.3 Å². The molecule has 1 unspecified atom stereocenters. The summed E-state index contributed by atoms with van der Waals surface area (Å²) in [6, 6.07) is 9.28. The van der Waals surface area contributed by atoms with Gasteiger partial charge >= 0.3 is 12.1 Å². The molecule has 34 heavy (non-hydrogen) atoms. The number of hydrogen-bond donors (Lipinski definition) is 1. The molecule has 1 atom stereocenters. The number of halogens is 4. The number of carbonyl (C=O) groups excluding carboxylic acids is 2. The van der Waals surface area contributed by atoms with Crippen LogP contribution in [-0.2, 0) is 26.9 Å². The van der Waals surface area contributed by atoms with Crippen molar-refractivity contribution in [1.82, 2.24) is 9.97 Å². The van der Waals surface area contributed by atoms with Gasteiger partial charge in [-0.25, -0.2) is 4.98 Å². The summed E-state index contributed by atoms with van der Waals surface area (Å²) in [7, 11) is 1.16. The average Bonchev–Trinajstić information content (AvgIpc) is 2.81. The normalized spacial score (nSPS) is 12.1. The van der Waals surface area contributed by atoms with Gasteiger partial charge in [-0.3, -0.25) is 14.6 Å². The maximum Gasteiger partial charge on any atom is 0.417 e. The van der Waals surface area contributed by atoms with Crippen LogP contribution >= 0.6 is 11.6 Å². The third kappa shape index (κ3) is 5.82. The number of pyridine rings is 2. The second kappa shape index (κ2) is 10.5. The number of hydrogen-bond acceptors (Lipinski definition) is 6. The molecule has 3 rings (SSSR count). The first kappa shape index (κ1) is 25.0. The molecule has 0 bridgehead atoms. The highest BCUT2D eigenvalue weighted by molar-refractivity contribution is 6.34. The van der Waals surface area contributed by atoms with Gasteiger partial charge in [0.05, 0.1) is 29.1 Å². The number of benzene rings is 1. The van der Waals surface area contributed by atoms with Gasteiger partial charge in [0.1, 0.15) is 5.75 Å². The van der Waals surface area contributed by atoms with E-state index in [1.54, 1.807) is 0 Å². The van der Waals surface area contributed by atoms with Crippen LogP contribution in [-0.4, -0.2) is 29.0 Å². The van der Waals surface area contributed by atoms with Crippen LogP contribution in [0.2, 0.25) is 5.02 Å². The Morgan fingerprint density at radius 2 is 1.79 bits per heavy atom. The first-order valence-corrected chi connectivity index (χ1v) is 10.3. The maximum absolute atomic E-state index is 12.9. The highest BCUT2D eigenvalue weighted by Crippen LogP contribution is 2.31. The van der Waals surface area contributed by atoms with Gasteiger partial charge in [0, 0.05) is 18.5 Å². The lowest BCUT2D eigenvalue weighted by Gasteiger charge is -2.17. The summed E-state index contributed by atoms with van der Waals surface area (Å²) in [5.41, 5.74) is 0.300. The molecule has 2 heterocycles. The summed E-state index contributed by atoms with van der Waals surface area (Å²) in [5, 5.41) is 2.90. The van der Waals surface area contributed by atoms with Crippen molar-refractivity contribution in [2.75, 3.05) is 12.4 Å². The van der Waals surface area contributed by atoms with Gasteiger partial charge < -0.3 is 14.8 Å². The molecule has 2 aromatic heterocycles. The number of aromatic nitrogens is 2. The molecular formula is C23H19ClF3N3O4. The zero-order valence-corrected chi connectivity index (χ0v) is 18.8. The third-order valence-corrected chi connectivity index (χ3v) is 5.17. The van der Waals surface area contributed by atoms with Crippen molar-refractivity contribution in [2.24, 2.45) is 0 Å². The first-order valence-electron chi connectivity index (χ1n) is 9.97. The predicted octanol–water partition coefficient (Wildman–Crippen LogP) is 5.40. The van der Waals surface area contributed by atoms with E-state index in [-0.39, 0.29) is 16.7 Å². The number of methoxy groups -OCH3 is 1. The first-order chi connectivity index (χ1) is 16.1. The van der Waals surface area contributed by atoms with Gasteiger partial charge in [0.2, 0.25) is 11.8 Å². The quantitative estimate of drug-likeness (QED) is 0.350. The number of nitrogens with zero attached hydrogens (tertiary/aromatic N) is 2. The number of alkyl halides is 3. The summed E-state index contributed by atoms with van der Waals surface area (Å²) >= 11 is 6.27. The van der Waals surface area contributed by atoms with Crippen molar-refractivity contribution in [3.05, 3.63) is 76.7 Å². The lowest BCUT2D eigenvalue weighted by molar-refractivity contribution is -0.145. The predicted molar refractivity (Wildman–Crippen MR) is 118 cm³/mol. The fourth-order valence-electron chi connectivity index (χ4n) is 3.00. The Kier molecular flexibility index (Phi) is 7.72. The highest BCUT2D eigenvalue weighted by Gasteiger charge is 2.31. The zero-order valence-electron chi connectivity index (χ0n) is 18.0. The summed E-state index contributed by atoms with van der Waals surface area (Å²) in [6.45, 7) is 1.86. The molecular weight excluding hydrogens is 475 g/mol. The Labute approximate surface area is 197 Å². The molecule has 0 saturated heterocycles. The lowest BCUT2D eigenvalue weighted by Crippen LogP contribution is -2.29. The molecule has 7 nitrogen and oxygen atoms in total. The minimum atomic E-state index is -4.50. The molecule has 1 N–H and O–H groups in total. The largest absolute Gasteiger partial charge is 0.468 e. The van der Waals surface area contributed by atoms with Crippen molar-refractivity contribution in [3.63, 3.8) is 0 Å². The summed E-state index contributed by atoms with van der Waals surface area (Å²) in [4.78, 5) is 33.1. The summed E-state index contributed by atoms with van der Waals surface area (Å²) in [5.74, 6) is -2.58. The van der Waals surface area contributed by atoms with Crippen LogP contribution in [0.25, 0.3) is 0 Å². The number of esters is 1. The minimum Gasteiger partial charge on any atom is -0.468 e. The van der Waals surface area contributed by atoms with Crippen molar-refractivity contribution >= 4 is 29.2 Å². The molecule has 0 saturated carbocycles. The smallest absolute Gasteiger partial charge is 0.417 e. The number of nitrogens with one attached hydrogen (secondary N) is 1. The Morgan fingerprint density at radius 3 is 2.35 bits per heavy atom. The minimum absolute atomic E-state index is 0.0536. The number of carbonyl (C=O) groups is 2. The average molecular weight is 494 g/mol. The van der Waals surface area contributed by atoms with E-state index in [0.29, 0.717) is 29.6 Å². The van der Waals surface area contributed by atoms with Crippen molar-refractivity contribution < 1.29 is 32.2 Å². The molecule has 3 aromatic rings. The van der Waals surface area contributed by atoms with E-state index < -0.39 is 29.5 Å². The zero-order chi connectivity index (χ0) is 24.9. The second-order valence-electron chi connectivity index (χ2n) is 6.97. The number of amides is 1. The van der Waals surface area contributed by atoms with Crippen LogP contribution in [0.3, 0.4) is 0 Å². The second-order valence-corrected chi connectivity index (χ2v) is 7.35. The third-order valence-electron chi connectivity index (χ3n) is 4.75. The van der Waals surface area contributed by atoms with Gasteiger partial charge in [-0.2, -0.15) is 13.2 Å². The maximum atomic E-state index is 12.9. The van der Waals surface area contributed by atoms with Gasteiger partial charge in [-0.1, -0.05) is 30.7 Å². The molecule has 178 valence electrons. The van der Waals surface area contributed by atoms with Crippen LogP contribution in [0.1, 0.15) is 29.7 Å². The monoisotopic (exact) mass is 493 g/mol. The van der Waals surface area contributed by atoms with Crippen LogP contribution in [0.5, 0.6) is 11.6 Å². The van der Waals surface area contributed by atoms with E-state index >= 15 is 0 Å². The van der Waals surface area contributed by atoms with Crippen molar-refractivity contribution in [1.29, 1.82) is 0 Å². The molecule has 0 radical (unpaired) electrons. The van der Waals surface area contributed by atoms with E-state index in [0.717, 1.165) is 19.2 Å². The van der Waals surface area contributed by atoms with Crippen LogP contribution in [0.15, 0.2) is 54.9 Å². The van der Waals surface area contributed by atoms with Crippen LogP contribution < -0.4 is 10.1 Å². The van der Waals surface area contributed by atoms with E-state index in [1.807, 2.05) is 6.92 Å². The molecule has 0 aliphatic rings. The highest BCUT2D eigenvalue weighted by atomic mass is 35.5. The summed E-state index contributed by atoms with van der Waals surface area (Å²) < 4.78 is 48.2. The number of ether oxygens (including phenoxy) is 2. The number of rotatable bonds is 7.